The normalized spacial score (nSPS) is 10.4. The molecule has 0 spiro atoms. The number of anilines is 2. The molecule has 0 unspecified atom stereocenters. The molecule has 2 nitrogen and oxygen atoms in total. The molecule has 0 amide bonds. The lowest BCUT2D eigenvalue weighted by molar-refractivity contribution is 0.628. The maximum atomic E-state index is 13.3. The third-order valence-electron chi connectivity index (χ3n) is 3.18. The zero-order valence-electron chi connectivity index (χ0n) is 11.8. The number of hydrogen-bond acceptors (Lipinski definition) is 2. The quantitative estimate of drug-likeness (QED) is 0.834. The highest BCUT2D eigenvalue weighted by molar-refractivity contribution is 7.80. The number of thiocarbonyl (C=S) groups is 1. The molecule has 2 aromatic carbocycles. The number of rotatable bonds is 3. The number of nitrogens with one attached hydrogen (secondary N) is 1. The third kappa shape index (κ3) is 2.96. The highest BCUT2D eigenvalue weighted by Gasteiger charge is 2.10. The van der Waals surface area contributed by atoms with Crippen LogP contribution in [0.25, 0.3) is 0 Å². The molecular weight excluding hydrogens is 271 g/mol. The van der Waals surface area contributed by atoms with E-state index in [9.17, 15) is 4.39 Å². The second-order valence-electron chi connectivity index (χ2n) is 4.95. The molecule has 0 fully saturated rings. The van der Waals surface area contributed by atoms with Crippen LogP contribution in [0.5, 0.6) is 0 Å². The Balaban J connectivity index is 2.48. The van der Waals surface area contributed by atoms with Gasteiger partial charge in [0.25, 0.3) is 0 Å². The van der Waals surface area contributed by atoms with Crippen molar-refractivity contribution < 1.29 is 4.39 Å². The maximum absolute atomic E-state index is 13.3. The largest absolute Gasteiger partial charge is 0.389 e. The van der Waals surface area contributed by atoms with E-state index in [1.165, 1.54) is 17.7 Å². The summed E-state index contributed by atoms with van der Waals surface area (Å²) in [6.45, 7) is 6.13. The predicted octanol–water partition coefficient (Wildman–Crippen LogP) is 4.13. The number of halogens is 1. The number of benzene rings is 2. The fourth-order valence-electron chi connectivity index (χ4n) is 2.34. The zero-order chi connectivity index (χ0) is 14.9. The van der Waals surface area contributed by atoms with Crippen molar-refractivity contribution in [3.8, 4) is 0 Å². The highest BCUT2D eigenvalue weighted by Crippen LogP contribution is 2.28. The van der Waals surface area contributed by atoms with Crippen molar-refractivity contribution in [1.29, 1.82) is 0 Å². The van der Waals surface area contributed by atoms with Gasteiger partial charge in [-0.2, -0.15) is 0 Å². The Labute approximate surface area is 123 Å². The minimum atomic E-state index is -0.351. The molecule has 2 aromatic rings. The molecule has 104 valence electrons. The minimum Gasteiger partial charge on any atom is -0.389 e. The van der Waals surface area contributed by atoms with Crippen LogP contribution >= 0.6 is 12.2 Å². The van der Waals surface area contributed by atoms with E-state index in [1.807, 2.05) is 13.8 Å². The average Bonchev–Trinajstić information content (AvgIpc) is 2.34. The summed E-state index contributed by atoms with van der Waals surface area (Å²) in [5.41, 5.74) is 11.4. The minimum absolute atomic E-state index is 0.175. The lowest BCUT2D eigenvalue weighted by Crippen LogP contribution is -2.12. The summed E-state index contributed by atoms with van der Waals surface area (Å²) in [4.78, 5) is 0.175. The monoisotopic (exact) mass is 288 g/mol. The summed E-state index contributed by atoms with van der Waals surface area (Å²) >= 11 is 4.98. The van der Waals surface area contributed by atoms with Crippen LogP contribution in [0.4, 0.5) is 15.8 Å². The van der Waals surface area contributed by atoms with Gasteiger partial charge < -0.3 is 11.1 Å². The van der Waals surface area contributed by atoms with Gasteiger partial charge >= 0.3 is 0 Å². The van der Waals surface area contributed by atoms with Crippen molar-refractivity contribution in [3.63, 3.8) is 0 Å². The molecule has 3 N–H and O–H groups in total. The van der Waals surface area contributed by atoms with Crippen molar-refractivity contribution in [3.05, 3.63) is 58.4 Å². The fourth-order valence-corrected chi connectivity index (χ4v) is 2.51. The molecular formula is C16H17FN2S. The van der Waals surface area contributed by atoms with Crippen LogP contribution < -0.4 is 11.1 Å². The summed E-state index contributed by atoms with van der Waals surface area (Å²) in [6.07, 6.45) is 0. The molecule has 0 heterocycles. The predicted molar refractivity (Wildman–Crippen MR) is 86.2 cm³/mol. The molecule has 0 radical (unpaired) electrons. The van der Waals surface area contributed by atoms with Crippen molar-refractivity contribution in [1.82, 2.24) is 0 Å². The highest BCUT2D eigenvalue weighted by atomic mass is 32.1. The average molecular weight is 288 g/mol. The Morgan fingerprint density at radius 3 is 2.25 bits per heavy atom. The summed E-state index contributed by atoms with van der Waals surface area (Å²) in [5, 5.41) is 3.31. The van der Waals surface area contributed by atoms with Gasteiger partial charge in [-0.15, -0.1) is 0 Å². The number of aryl methyl sites for hydroxylation is 3. The Morgan fingerprint density at radius 1 is 1.10 bits per heavy atom. The molecule has 0 saturated heterocycles. The van der Waals surface area contributed by atoms with Gasteiger partial charge in [0.15, 0.2) is 0 Å². The lowest BCUT2D eigenvalue weighted by atomic mass is 10.0. The second-order valence-corrected chi connectivity index (χ2v) is 5.39. The van der Waals surface area contributed by atoms with Gasteiger partial charge in [-0.3, -0.25) is 0 Å². The van der Waals surface area contributed by atoms with E-state index in [1.54, 1.807) is 6.07 Å². The van der Waals surface area contributed by atoms with Crippen molar-refractivity contribution >= 4 is 28.6 Å². The summed E-state index contributed by atoms with van der Waals surface area (Å²) in [6, 6.07) is 8.59. The molecule has 0 aliphatic rings. The van der Waals surface area contributed by atoms with Gasteiger partial charge in [0.05, 0.1) is 0 Å². The molecule has 4 heteroatoms. The zero-order valence-corrected chi connectivity index (χ0v) is 12.6. The van der Waals surface area contributed by atoms with Gasteiger partial charge in [-0.05, 0) is 50.1 Å². The van der Waals surface area contributed by atoms with E-state index >= 15 is 0 Å². The Bertz CT molecular complexity index is 657. The standard InChI is InChI=1S/C16H17FN2S/c1-9-6-10(2)15(11(3)7-9)19-14-5-4-12(17)8-13(14)16(18)20/h4-8,19H,1-3H3,(H2,18,20). The Morgan fingerprint density at radius 2 is 1.70 bits per heavy atom. The number of nitrogens with two attached hydrogens (primary N) is 1. The third-order valence-corrected chi connectivity index (χ3v) is 3.40. The maximum Gasteiger partial charge on any atom is 0.124 e. The van der Waals surface area contributed by atoms with Crippen LogP contribution in [0.2, 0.25) is 0 Å². The van der Waals surface area contributed by atoms with Crippen LogP contribution in [0.3, 0.4) is 0 Å². The van der Waals surface area contributed by atoms with Gasteiger partial charge in [-0.25, -0.2) is 4.39 Å². The Kier molecular flexibility index (Phi) is 4.04. The summed E-state index contributed by atoms with van der Waals surface area (Å²) < 4.78 is 13.3. The van der Waals surface area contributed by atoms with Gasteiger partial charge in [0.2, 0.25) is 0 Å². The summed E-state index contributed by atoms with van der Waals surface area (Å²) in [7, 11) is 0. The van der Waals surface area contributed by atoms with E-state index < -0.39 is 0 Å². The number of hydrogen-bond donors (Lipinski definition) is 2. The topological polar surface area (TPSA) is 38.0 Å². The molecule has 0 saturated carbocycles. The van der Waals surface area contributed by atoms with Crippen LogP contribution in [0, 0.1) is 26.6 Å². The van der Waals surface area contributed by atoms with Crippen LogP contribution in [-0.2, 0) is 0 Å². The van der Waals surface area contributed by atoms with E-state index in [0.717, 1.165) is 16.8 Å². The second kappa shape index (κ2) is 5.59. The molecule has 0 atom stereocenters. The molecule has 0 aliphatic carbocycles. The van der Waals surface area contributed by atoms with Crippen LogP contribution in [-0.4, -0.2) is 4.99 Å². The van der Waals surface area contributed by atoms with Crippen LogP contribution in [0.1, 0.15) is 22.3 Å². The fraction of sp³-hybridized carbons (Fsp3) is 0.188. The summed E-state index contributed by atoms with van der Waals surface area (Å²) in [5.74, 6) is -0.351. The van der Waals surface area contributed by atoms with E-state index in [-0.39, 0.29) is 10.8 Å². The van der Waals surface area contributed by atoms with Gasteiger partial charge in [0.1, 0.15) is 10.8 Å². The van der Waals surface area contributed by atoms with E-state index in [4.69, 9.17) is 18.0 Å². The van der Waals surface area contributed by atoms with Gasteiger partial charge in [0, 0.05) is 16.9 Å². The first-order valence-corrected chi connectivity index (χ1v) is 6.73. The molecule has 20 heavy (non-hydrogen) atoms. The van der Waals surface area contributed by atoms with Crippen molar-refractivity contribution in [2.24, 2.45) is 5.73 Å². The van der Waals surface area contributed by atoms with E-state index in [2.05, 4.69) is 24.4 Å². The molecule has 0 aromatic heterocycles. The Hall–Kier alpha value is -1.94. The molecule has 2 rings (SSSR count). The molecule has 0 bridgehead atoms. The van der Waals surface area contributed by atoms with Gasteiger partial charge in [-0.1, -0.05) is 29.9 Å². The van der Waals surface area contributed by atoms with Crippen molar-refractivity contribution in [2.75, 3.05) is 5.32 Å². The van der Waals surface area contributed by atoms with Crippen LogP contribution in [0.15, 0.2) is 30.3 Å². The lowest BCUT2D eigenvalue weighted by Gasteiger charge is -2.16. The van der Waals surface area contributed by atoms with Crippen molar-refractivity contribution in [2.45, 2.75) is 20.8 Å². The van der Waals surface area contributed by atoms with E-state index in [0.29, 0.717) is 11.3 Å². The first-order chi connectivity index (χ1) is 9.38. The SMILES string of the molecule is Cc1cc(C)c(Nc2ccc(F)cc2C(N)=S)c(C)c1. The first kappa shape index (κ1) is 14.5. The molecule has 0 aliphatic heterocycles. The first-order valence-electron chi connectivity index (χ1n) is 6.32. The smallest absolute Gasteiger partial charge is 0.124 e.